The molecular weight excluding hydrogens is 414 g/mol. The predicted molar refractivity (Wildman–Crippen MR) is 123 cm³/mol. The summed E-state index contributed by atoms with van der Waals surface area (Å²) in [6.45, 7) is 0. The quantitative estimate of drug-likeness (QED) is 0.389. The van der Waals surface area contributed by atoms with E-state index in [0.29, 0.717) is 33.4 Å². The Balaban J connectivity index is 1.66. The Morgan fingerprint density at radius 2 is 0.788 bits per heavy atom. The van der Waals surface area contributed by atoms with Crippen molar-refractivity contribution in [2.75, 3.05) is 5.73 Å². The largest absolute Gasteiger partial charge is 0.398 e. The second-order valence-electron chi connectivity index (χ2n) is 8.09. The van der Waals surface area contributed by atoms with Gasteiger partial charge in [-0.1, -0.05) is 72.8 Å². The lowest BCUT2D eigenvalue weighted by molar-refractivity contribution is 0.0978. The Labute approximate surface area is 188 Å². The summed E-state index contributed by atoms with van der Waals surface area (Å²) in [5, 5.41) is 0. The van der Waals surface area contributed by atoms with Crippen LogP contribution in [0.3, 0.4) is 0 Å². The molecule has 0 radical (unpaired) electrons. The molecule has 2 aliphatic rings. The van der Waals surface area contributed by atoms with Gasteiger partial charge in [0.1, 0.15) is 0 Å². The molecule has 5 heteroatoms. The molecule has 0 bridgehead atoms. The number of nitrogen functional groups attached to an aromatic ring is 1. The lowest BCUT2D eigenvalue weighted by Gasteiger charge is -2.24. The van der Waals surface area contributed by atoms with E-state index >= 15 is 0 Å². The van der Waals surface area contributed by atoms with Crippen molar-refractivity contribution >= 4 is 28.8 Å². The molecule has 0 saturated heterocycles. The Hall–Kier alpha value is -4.64. The van der Waals surface area contributed by atoms with E-state index < -0.39 is 0 Å². The number of rotatable bonds is 1. The van der Waals surface area contributed by atoms with E-state index in [4.69, 9.17) is 5.73 Å². The van der Waals surface area contributed by atoms with Gasteiger partial charge in [-0.05, 0) is 17.2 Å². The average molecular weight is 429 g/mol. The Bertz CT molecular complexity index is 1600. The molecule has 4 aromatic carbocycles. The number of hydrogen-bond acceptors (Lipinski definition) is 5. The number of anilines is 1. The van der Waals surface area contributed by atoms with Crippen LogP contribution in [0.25, 0.3) is 11.1 Å². The molecule has 5 nitrogen and oxygen atoms in total. The van der Waals surface area contributed by atoms with Crippen molar-refractivity contribution in [3.8, 4) is 11.1 Å². The standard InChI is InChI=1S/C28H15NO4/c29-21-13-12-15(23-24(21)28(33)19-9-4-3-8-18(19)27(23)32)14-10-5-11-20-22(14)26(31)17-7-2-1-6-16(17)25(20)30/h1-13H,29H2. The van der Waals surface area contributed by atoms with Crippen LogP contribution in [0.4, 0.5) is 5.69 Å². The first-order valence-electron chi connectivity index (χ1n) is 10.4. The zero-order chi connectivity index (χ0) is 22.9. The molecule has 6 rings (SSSR count). The fraction of sp³-hybridized carbons (Fsp3) is 0. The van der Waals surface area contributed by atoms with Gasteiger partial charge in [0.15, 0.2) is 23.1 Å². The van der Waals surface area contributed by atoms with E-state index in [9.17, 15) is 19.2 Å². The minimum atomic E-state index is -0.338. The minimum absolute atomic E-state index is 0.129. The fourth-order valence-electron chi connectivity index (χ4n) is 4.84. The van der Waals surface area contributed by atoms with Gasteiger partial charge in [-0.3, -0.25) is 19.2 Å². The molecule has 0 spiro atoms. The van der Waals surface area contributed by atoms with Crippen molar-refractivity contribution in [3.63, 3.8) is 0 Å². The van der Waals surface area contributed by atoms with Crippen molar-refractivity contribution in [2.45, 2.75) is 0 Å². The molecule has 156 valence electrons. The molecule has 0 unspecified atom stereocenters. The van der Waals surface area contributed by atoms with E-state index in [0.717, 1.165) is 0 Å². The second kappa shape index (κ2) is 6.68. The maximum absolute atomic E-state index is 13.6. The molecule has 0 saturated carbocycles. The van der Waals surface area contributed by atoms with Crippen LogP contribution in [0, 0.1) is 0 Å². The minimum Gasteiger partial charge on any atom is -0.398 e. The second-order valence-corrected chi connectivity index (χ2v) is 8.09. The molecule has 0 fully saturated rings. The highest BCUT2D eigenvalue weighted by Gasteiger charge is 2.36. The van der Waals surface area contributed by atoms with Crippen molar-refractivity contribution < 1.29 is 19.2 Å². The SMILES string of the molecule is Nc1ccc(-c2cccc3c2C(=O)c2ccccc2C3=O)c2c1C(=O)c1ccccc1C2=O. The van der Waals surface area contributed by atoms with E-state index in [-0.39, 0.29) is 51.1 Å². The van der Waals surface area contributed by atoms with E-state index in [1.54, 1.807) is 78.9 Å². The summed E-state index contributed by atoms with van der Waals surface area (Å²) in [7, 11) is 0. The van der Waals surface area contributed by atoms with Crippen LogP contribution in [0.5, 0.6) is 0 Å². The summed E-state index contributed by atoms with van der Waals surface area (Å²) < 4.78 is 0. The fourth-order valence-corrected chi connectivity index (χ4v) is 4.84. The molecule has 4 aromatic rings. The molecule has 0 amide bonds. The molecule has 2 N–H and O–H groups in total. The predicted octanol–water partition coefficient (Wildman–Crippen LogP) is 4.49. The lowest BCUT2D eigenvalue weighted by Crippen LogP contribution is -2.25. The van der Waals surface area contributed by atoms with Gasteiger partial charge in [0.2, 0.25) is 0 Å². The molecule has 2 aliphatic carbocycles. The van der Waals surface area contributed by atoms with Crippen LogP contribution in [-0.2, 0) is 0 Å². The lowest BCUT2D eigenvalue weighted by atomic mass is 9.76. The molecule has 0 aromatic heterocycles. The smallest absolute Gasteiger partial charge is 0.196 e. The van der Waals surface area contributed by atoms with E-state index in [2.05, 4.69) is 0 Å². The van der Waals surface area contributed by atoms with Crippen LogP contribution >= 0.6 is 0 Å². The first-order valence-corrected chi connectivity index (χ1v) is 10.4. The van der Waals surface area contributed by atoms with Gasteiger partial charge < -0.3 is 5.73 Å². The van der Waals surface area contributed by atoms with Crippen LogP contribution in [0.15, 0.2) is 78.9 Å². The third-order valence-electron chi connectivity index (χ3n) is 6.35. The summed E-state index contributed by atoms with van der Waals surface area (Å²) >= 11 is 0. The zero-order valence-corrected chi connectivity index (χ0v) is 17.2. The summed E-state index contributed by atoms with van der Waals surface area (Å²) in [6.07, 6.45) is 0. The maximum Gasteiger partial charge on any atom is 0.196 e. The van der Waals surface area contributed by atoms with Gasteiger partial charge in [0.25, 0.3) is 0 Å². The Morgan fingerprint density at radius 3 is 1.39 bits per heavy atom. The summed E-state index contributed by atoms with van der Waals surface area (Å²) in [6, 6.07) is 21.5. The van der Waals surface area contributed by atoms with Crippen LogP contribution in [0.1, 0.15) is 63.7 Å². The van der Waals surface area contributed by atoms with Crippen LogP contribution in [-0.4, -0.2) is 23.1 Å². The van der Waals surface area contributed by atoms with Crippen LogP contribution < -0.4 is 5.73 Å². The van der Waals surface area contributed by atoms with Crippen LogP contribution in [0.2, 0.25) is 0 Å². The van der Waals surface area contributed by atoms with Crippen molar-refractivity contribution in [2.24, 2.45) is 0 Å². The summed E-state index contributed by atoms with van der Waals surface area (Å²) in [5.41, 5.74) is 9.24. The highest BCUT2D eigenvalue weighted by atomic mass is 16.1. The third kappa shape index (κ3) is 2.47. The van der Waals surface area contributed by atoms with Gasteiger partial charge in [0, 0.05) is 44.6 Å². The van der Waals surface area contributed by atoms with Crippen molar-refractivity contribution in [1.29, 1.82) is 0 Å². The zero-order valence-electron chi connectivity index (χ0n) is 17.2. The van der Waals surface area contributed by atoms with Crippen molar-refractivity contribution in [1.82, 2.24) is 0 Å². The van der Waals surface area contributed by atoms with Gasteiger partial charge >= 0.3 is 0 Å². The molecule has 0 aliphatic heterocycles. The topological polar surface area (TPSA) is 94.3 Å². The first kappa shape index (κ1) is 19.1. The number of ketones is 4. The number of carbonyl (C=O) groups excluding carboxylic acids is 4. The molecule has 0 atom stereocenters. The molecule has 33 heavy (non-hydrogen) atoms. The highest BCUT2D eigenvalue weighted by Crippen LogP contribution is 2.41. The van der Waals surface area contributed by atoms with E-state index in [1.807, 2.05) is 0 Å². The van der Waals surface area contributed by atoms with E-state index in [1.165, 1.54) is 0 Å². The average Bonchev–Trinajstić information content (AvgIpc) is 2.85. The van der Waals surface area contributed by atoms with Gasteiger partial charge in [-0.25, -0.2) is 0 Å². The monoisotopic (exact) mass is 429 g/mol. The number of hydrogen-bond donors (Lipinski definition) is 1. The third-order valence-corrected chi connectivity index (χ3v) is 6.35. The Morgan fingerprint density at radius 1 is 0.364 bits per heavy atom. The summed E-state index contributed by atoms with van der Waals surface area (Å²) in [5.74, 6) is -1.22. The van der Waals surface area contributed by atoms with Gasteiger partial charge in [0.05, 0.1) is 5.56 Å². The normalized spacial score (nSPS) is 13.8. The highest BCUT2D eigenvalue weighted by molar-refractivity contribution is 6.34. The molecule has 0 heterocycles. The number of fused-ring (bicyclic) bond motifs is 4. The number of carbonyl (C=O) groups is 4. The number of benzene rings is 4. The summed E-state index contributed by atoms with van der Waals surface area (Å²) in [4.78, 5) is 53.5. The first-order chi connectivity index (χ1) is 16.0. The van der Waals surface area contributed by atoms with Crippen molar-refractivity contribution in [3.05, 3.63) is 123 Å². The molecular formula is C28H15NO4. The Kier molecular flexibility index (Phi) is 3.86. The maximum atomic E-state index is 13.6. The number of nitrogens with two attached hydrogens (primary N) is 1. The van der Waals surface area contributed by atoms with Gasteiger partial charge in [-0.2, -0.15) is 0 Å². The van der Waals surface area contributed by atoms with Gasteiger partial charge in [-0.15, -0.1) is 0 Å².